The molecular formula is C19H21ClN2O3. The highest BCUT2D eigenvalue weighted by atomic mass is 35.5. The van der Waals surface area contributed by atoms with Crippen molar-refractivity contribution in [1.82, 2.24) is 4.90 Å². The van der Waals surface area contributed by atoms with Crippen LogP contribution in [-0.2, 0) is 11.3 Å². The molecule has 0 bridgehead atoms. The van der Waals surface area contributed by atoms with Gasteiger partial charge in [0.1, 0.15) is 0 Å². The van der Waals surface area contributed by atoms with Crippen molar-refractivity contribution in [3.63, 3.8) is 0 Å². The Morgan fingerprint density at radius 3 is 2.44 bits per heavy atom. The van der Waals surface area contributed by atoms with E-state index in [9.17, 15) is 9.59 Å². The molecule has 0 aromatic heterocycles. The Bertz CT molecular complexity index is 745. The molecule has 2 N–H and O–H groups in total. The normalized spacial score (nSPS) is 10.9. The average Bonchev–Trinajstić information content (AvgIpc) is 2.54. The van der Waals surface area contributed by atoms with Gasteiger partial charge in [-0.1, -0.05) is 23.7 Å². The third kappa shape index (κ3) is 5.89. The molecule has 1 amide bonds. The van der Waals surface area contributed by atoms with Crippen LogP contribution in [0.5, 0.6) is 0 Å². The van der Waals surface area contributed by atoms with E-state index in [1.165, 1.54) is 0 Å². The van der Waals surface area contributed by atoms with Gasteiger partial charge in [-0.2, -0.15) is 0 Å². The Morgan fingerprint density at radius 1 is 1.16 bits per heavy atom. The second-order valence-corrected chi connectivity index (χ2v) is 6.49. The van der Waals surface area contributed by atoms with E-state index < -0.39 is 5.97 Å². The number of aliphatic carboxylic acids is 1. The summed E-state index contributed by atoms with van der Waals surface area (Å²) in [6.45, 7) is 4.37. The highest BCUT2D eigenvalue weighted by Gasteiger charge is 2.14. The number of nitrogens with one attached hydrogen (secondary N) is 1. The highest BCUT2D eigenvalue weighted by molar-refractivity contribution is 6.30. The summed E-state index contributed by atoms with van der Waals surface area (Å²) in [5.41, 5.74) is 2.12. The van der Waals surface area contributed by atoms with Crippen molar-refractivity contribution in [1.29, 1.82) is 0 Å². The van der Waals surface area contributed by atoms with Gasteiger partial charge in [0.05, 0.1) is 6.54 Å². The van der Waals surface area contributed by atoms with Gasteiger partial charge in [-0.3, -0.25) is 14.5 Å². The summed E-state index contributed by atoms with van der Waals surface area (Å²) in [4.78, 5) is 25.1. The molecule has 0 aliphatic carbocycles. The molecule has 2 aromatic rings. The average molecular weight is 361 g/mol. The molecule has 0 atom stereocenters. The number of hydrogen-bond donors (Lipinski definition) is 2. The minimum absolute atomic E-state index is 0.0287. The standard InChI is InChI=1S/C19H21ClN2O3/c1-13(2)22(12-18(23)24)11-14-4-3-5-17(10-14)21-19(25)15-6-8-16(20)9-7-15/h3-10,13H,11-12H2,1-2H3,(H,21,25)(H,23,24). The van der Waals surface area contributed by atoms with Crippen LogP contribution in [0, 0.1) is 0 Å². The molecule has 25 heavy (non-hydrogen) atoms. The summed E-state index contributed by atoms with van der Waals surface area (Å²) in [6.07, 6.45) is 0. The molecule has 0 heterocycles. The molecule has 0 spiro atoms. The molecule has 0 unspecified atom stereocenters. The fraction of sp³-hybridized carbons (Fsp3) is 0.263. The first-order chi connectivity index (χ1) is 11.8. The van der Waals surface area contributed by atoms with Crippen LogP contribution in [0.4, 0.5) is 5.69 Å². The minimum atomic E-state index is -0.860. The first-order valence-corrected chi connectivity index (χ1v) is 8.34. The van der Waals surface area contributed by atoms with Gasteiger partial charge in [0.25, 0.3) is 5.91 Å². The van der Waals surface area contributed by atoms with Crippen molar-refractivity contribution in [3.8, 4) is 0 Å². The lowest BCUT2D eigenvalue weighted by Gasteiger charge is -2.24. The summed E-state index contributed by atoms with van der Waals surface area (Å²) >= 11 is 5.83. The SMILES string of the molecule is CC(C)N(CC(=O)O)Cc1cccc(NC(=O)c2ccc(Cl)cc2)c1. The third-order valence-corrected chi connectivity index (χ3v) is 4.00. The molecule has 0 saturated heterocycles. The number of hydrogen-bond acceptors (Lipinski definition) is 3. The topological polar surface area (TPSA) is 69.6 Å². The molecule has 0 saturated carbocycles. The maximum absolute atomic E-state index is 12.3. The predicted molar refractivity (Wildman–Crippen MR) is 99.0 cm³/mol. The molecule has 5 nitrogen and oxygen atoms in total. The van der Waals surface area contributed by atoms with Crippen LogP contribution < -0.4 is 5.32 Å². The third-order valence-electron chi connectivity index (χ3n) is 3.75. The van der Waals surface area contributed by atoms with Gasteiger partial charge in [-0.05, 0) is 55.8 Å². The molecular weight excluding hydrogens is 340 g/mol. The maximum Gasteiger partial charge on any atom is 0.317 e. The highest BCUT2D eigenvalue weighted by Crippen LogP contribution is 2.16. The minimum Gasteiger partial charge on any atom is -0.480 e. The van der Waals surface area contributed by atoms with Crippen LogP contribution in [0.1, 0.15) is 29.8 Å². The number of carboxylic acid groups (broad SMARTS) is 1. The molecule has 6 heteroatoms. The van der Waals surface area contributed by atoms with Crippen molar-refractivity contribution >= 4 is 29.2 Å². The Kier molecular flexibility index (Phi) is 6.56. The zero-order chi connectivity index (χ0) is 18.4. The Labute approximate surface area is 152 Å². The molecule has 0 fully saturated rings. The van der Waals surface area contributed by atoms with Crippen molar-refractivity contribution in [2.45, 2.75) is 26.4 Å². The van der Waals surface area contributed by atoms with Crippen LogP contribution >= 0.6 is 11.6 Å². The first kappa shape index (κ1) is 19.0. The summed E-state index contributed by atoms with van der Waals surface area (Å²) in [7, 11) is 0. The van der Waals surface area contributed by atoms with Crippen molar-refractivity contribution in [3.05, 3.63) is 64.7 Å². The van der Waals surface area contributed by atoms with Crippen LogP contribution in [0.25, 0.3) is 0 Å². The number of halogens is 1. The van der Waals surface area contributed by atoms with Crippen LogP contribution in [0.15, 0.2) is 48.5 Å². The Hall–Kier alpha value is -2.37. The van der Waals surface area contributed by atoms with Crippen LogP contribution in [0.2, 0.25) is 5.02 Å². The Balaban J connectivity index is 2.08. The number of carbonyl (C=O) groups excluding carboxylic acids is 1. The number of benzene rings is 2. The zero-order valence-corrected chi connectivity index (χ0v) is 15.0. The molecule has 2 rings (SSSR count). The van der Waals surface area contributed by atoms with Crippen LogP contribution in [-0.4, -0.2) is 34.5 Å². The van der Waals surface area contributed by atoms with Gasteiger partial charge in [-0.15, -0.1) is 0 Å². The van der Waals surface area contributed by atoms with Crippen molar-refractivity contribution in [2.24, 2.45) is 0 Å². The smallest absolute Gasteiger partial charge is 0.317 e. The van der Waals surface area contributed by atoms with E-state index in [2.05, 4.69) is 5.32 Å². The molecule has 0 aliphatic heterocycles. The van der Waals surface area contributed by atoms with Gasteiger partial charge in [0, 0.05) is 28.9 Å². The van der Waals surface area contributed by atoms with Crippen molar-refractivity contribution < 1.29 is 14.7 Å². The van der Waals surface area contributed by atoms with Crippen LogP contribution in [0.3, 0.4) is 0 Å². The van der Waals surface area contributed by atoms with E-state index in [1.54, 1.807) is 30.3 Å². The van der Waals surface area contributed by atoms with E-state index in [-0.39, 0.29) is 18.5 Å². The number of rotatable bonds is 7. The zero-order valence-electron chi connectivity index (χ0n) is 14.2. The fourth-order valence-corrected chi connectivity index (χ4v) is 2.51. The molecule has 132 valence electrons. The van der Waals surface area contributed by atoms with Gasteiger partial charge in [0.15, 0.2) is 0 Å². The quantitative estimate of drug-likeness (QED) is 0.786. The number of amides is 1. The fourth-order valence-electron chi connectivity index (χ4n) is 2.38. The van der Waals surface area contributed by atoms with E-state index in [0.717, 1.165) is 5.56 Å². The molecule has 0 aliphatic rings. The maximum atomic E-state index is 12.3. The van der Waals surface area contributed by atoms with Gasteiger partial charge in [-0.25, -0.2) is 0 Å². The lowest BCUT2D eigenvalue weighted by atomic mass is 10.1. The number of carboxylic acids is 1. The van der Waals surface area contributed by atoms with E-state index in [0.29, 0.717) is 22.8 Å². The lowest BCUT2D eigenvalue weighted by molar-refractivity contribution is -0.138. The lowest BCUT2D eigenvalue weighted by Crippen LogP contribution is -2.35. The summed E-state index contributed by atoms with van der Waals surface area (Å²) in [5.74, 6) is -1.08. The van der Waals surface area contributed by atoms with Gasteiger partial charge in [0.2, 0.25) is 0 Å². The predicted octanol–water partition coefficient (Wildman–Crippen LogP) is 3.89. The van der Waals surface area contributed by atoms with Crippen molar-refractivity contribution in [2.75, 3.05) is 11.9 Å². The second kappa shape index (κ2) is 8.65. The Morgan fingerprint density at radius 2 is 1.84 bits per heavy atom. The summed E-state index contributed by atoms with van der Waals surface area (Å²) < 4.78 is 0. The second-order valence-electron chi connectivity index (χ2n) is 6.05. The van der Waals surface area contributed by atoms with Gasteiger partial charge >= 0.3 is 5.97 Å². The summed E-state index contributed by atoms with van der Waals surface area (Å²) in [6, 6.07) is 14.2. The first-order valence-electron chi connectivity index (χ1n) is 7.97. The molecule has 2 aromatic carbocycles. The number of carbonyl (C=O) groups is 2. The molecule has 0 radical (unpaired) electrons. The van der Waals surface area contributed by atoms with E-state index in [4.69, 9.17) is 16.7 Å². The monoisotopic (exact) mass is 360 g/mol. The van der Waals surface area contributed by atoms with E-state index >= 15 is 0 Å². The number of nitrogens with zero attached hydrogens (tertiary/aromatic N) is 1. The summed E-state index contributed by atoms with van der Waals surface area (Å²) in [5, 5.41) is 12.4. The number of anilines is 1. The van der Waals surface area contributed by atoms with E-state index in [1.807, 2.05) is 36.9 Å². The van der Waals surface area contributed by atoms with Gasteiger partial charge < -0.3 is 10.4 Å². The largest absolute Gasteiger partial charge is 0.480 e.